The van der Waals surface area contributed by atoms with Crippen molar-refractivity contribution in [2.75, 3.05) is 27.8 Å². The van der Waals surface area contributed by atoms with Gasteiger partial charge in [-0.3, -0.25) is 4.99 Å². The molecule has 2 N–H and O–H groups in total. The molecule has 27 heavy (non-hydrogen) atoms. The zero-order chi connectivity index (χ0) is 18.9. The Hall–Kier alpha value is -1.74. The lowest BCUT2D eigenvalue weighted by Gasteiger charge is -2.13. The summed E-state index contributed by atoms with van der Waals surface area (Å²) in [6.45, 7) is 1.19. The number of nitrogens with zero attached hydrogens (tertiary/aromatic N) is 1. The fourth-order valence-electron chi connectivity index (χ4n) is 2.42. The van der Waals surface area contributed by atoms with Crippen LogP contribution in [0.15, 0.2) is 41.4 Å². The lowest BCUT2D eigenvalue weighted by atomic mass is 10.1. The zero-order valence-electron chi connectivity index (χ0n) is 15.5. The molecule has 2 rings (SSSR count). The van der Waals surface area contributed by atoms with E-state index in [0.717, 1.165) is 17.5 Å². The number of aliphatic imine (C=N–C) groups is 1. The Bertz CT molecular complexity index is 775. The number of ether oxygens (including phenoxy) is 2. The van der Waals surface area contributed by atoms with E-state index < -0.39 is 5.82 Å². The van der Waals surface area contributed by atoms with Crippen molar-refractivity contribution in [3.05, 3.63) is 58.4 Å². The molecule has 0 saturated heterocycles. The topological polar surface area (TPSA) is 54.9 Å². The first-order valence-corrected chi connectivity index (χ1v) is 8.54. The van der Waals surface area contributed by atoms with Crippen LogP contribution in [0.4, 0.5) is 4.39 Å². The Labute approximate surface area is 181 Å². The fourth-order valence-corrected chi connectivity index (χ4v) is 2.62. The normalized spacial score (nSPS) is 10.8. The quantitative estimate of drug-likeness (QED) is 0.338. The van der Waals surface area contributed by atoms with Crippen LogP contribution >= 0.6 is 35.6 Å². The number of hydrogen-bond donors (Lipinski definition) is 2. The summed E-state index contributed by atoms with van der Waals surface area (Å²) >= 11 is 5.79. The van der Waals surface area contributed by atoms with Gasteiger partial charge < -0.3 is 20.1 Å². The van der Waals surface area contributed by atoms with Gasteiger partial charge >= 0.3 is 0 Å². The highest BCUT2D eigenvalue weighted by Crippen LogP contribution is 2.27. The molecule has 0 amide bonds. The molecule has 148 valence electrons. The monoisotopic (exact) mass is 507 g/mol. The highest BCUT2D eigenvalue weighted by Gasteiger charge is 2.05. The molecular formula is C19H24ClFIN3O2. The van der Waals surface area contributed by atoms with E-state index >= 15 is 0 Å². The second-order valence-electron chi connectivity index (χ2n) is 5.54. The zero-order valence-corrected chi connectivity index (χ0v) is 18.6. The van der Waals surface area contributed by atoms with Gasteiger partial charge in [-0.2, -0.15) is 0 Å². The molecule has 0 heterocycles. The Kier molecular flexibility index (Phi) is 10.2. The van der Waals surface area contributed by atoms with Gasteiger partial charge in [0.15, 0.2) is 17.5 Å². The van der Waals surface area contributed by atoms with E-state index in [2.05, 4.69) is 15.6 Å². The van der Waals surface area contributed by atoms with Crippen LogP contribution in [0.25, 0.3) is 0 Å². The van der Waals surface area contributed by atoms with Gasteiger partial charge in [0.1, 0.15) is 5.82 Å². The Balaban J connectivity index is 0.00000364. The van der Waals surface area contributed by atoms with E-state index in [1.165, 1.54) is 6.07 Å². The minimum atomic E-state index is -0.423. The lowest BCUT2D eigenvalue weighted by Crippen LogP contribution is -2.37. The molecular weight excluding hydrogens is 484 g/mol. The summed E-state index contributed by atoms with van der Waals surface area (Å²) in [5.41, 5.74) is 2.00. The van der Waals surface area contributed by atoms with Gasteiger partial charge in [0, 0.05) is 20.1 Å². The number of nitrogens with one attached hydrogen (secondary N) is 2. The van der Waals surface area contributed by atoms with Gasteiger partial charge in [-0.1, -0.05) is 23.7 Å². The SMILES string of the molecule is CN=C(NCCc1ccc(OC)c(OC)c1)NCc1ccc(F)c(Cl)c1.I. The minimum absolute atomic E-state index is 0. The maximum Gasteiger partial charge on any atom is 0.191 e. The van der Waals surface area contributed by atoms with Crippen LogP contribution in [-0.4, -0.2) is 33.8 Å². The van der Waals surface area contributed by atoms with Crippen molar-refractivity contribution in [1.82, 2.24) is 10.6 Å². The van der Waals surface area contributed by atoms with Gasteiger partial charge in [0.25, 0.3) is 0 Å². The third-order valence-corrected chi connectivity index (χ3v) is 4.11. The largest absolute Gasteiger partial charge is 0.493 e. The van der Waals surface area contributed by atoms with Crippen LogP contribution in [0, 0.1) is 5.82 Å². The third-order valence-electron chi connectivity index (χ3n) is 3.82. The molecule has 0 fully saturated rings. The van der Waals surface area contributed by atoms with Crippen LogP contribution in [0.5, 0.6) is 11.5 Å². The first-order chi connectivity index (χ1) is 12.6. The summed E-state index contributed by atoms with van der Waals surface area (Å²) in [6, 6.07) is 10.5. The molecule has 8 heteroatoms. The highest BCUT2D eigenvalue weighted by atomic mass is 127. The van der Waals surface area contributed by atoms with Gasteiger partial charge in [0.05, 0.1) is 19.2 Å². The van der Waals surface area contributed by atoms with Crippen molar-refractivity contribution in [1.29, 1.82) is 0 Å². The van der Waals surface area contributed by atoms with Crippen LogP contribution in [0.1, 0.15) is 11.1 Å². The molecule has 0 atom stereocenters. The summed E-state index contributed by atoms with van der Waals surface area (Å²) < 4.78 is 23.7. The second-order valence-corrected chi connectivity index (χ2v) is 5.95. The molecule has 0 saturated carbocycles. The molecule has 0 bridgehead atoms. The van der Waals surface area contributed by atoms with Crippen molar-refractivity contribution in [3.63, 3.8) is 0 Å². The predicted molar refractivity (Wildman–Crippen MR) is 118 cm³/mol. The van der Waals surface area contributed by atoms with Gasteiger partial charge in [-0.15, -0.1) is 24.0 Å². The van der Waals surface area contributed by atoms with E-state index in [9.17, 15) is 4.39 Å². The number of methoxy groups -OCH3 is 2. The standard InChI is InChI=1S/C19H23ClFN3O2.HI/c1-22-19(24-12-14-4-6-16(21)15(20)10-14)23-9-8-13-5-7-17(25-2)18(11-13)26-3;/h4-7,10-11H,8-9,12H2,1-3H3,(H2,22,23,24);1H. The maximum atomic E-state index is 13.2. The molecule has 0 unspecified atom stereocenters. The molecule has 2 aromatic rings. The summed E-state index contributed by atoms with van der Waals surface area (Å²) in [5, 5.41) is 6.52. The molecule has 0 spiro atoms. The van der Waals surface area contributed by atoms with Crippen LogP contribution in [0.2, 0.25) is 5.02 Å². The van der Waals surface area contributed by atoms with E-state index in [0.29, 0.717) is 30.5 Å². The van der Waals surface area contributed by atoms with E-state index in [1.54, 1.807) is 33.4 Å². The lowest BCUT2D eigenvalue weighted by molar-refractivity contribution is 0.354. The Morgan fingerprint density at radius 3 is 2.37 bits per heavy atom. The van der Waals surface area contributed by atoms with Crippen LogP contribution in [-0.2, 0) is 13.0 Å². The second kappa shape index (κ2) is 11.9. The van der Waals surface area contributed by atoms with Crippen molar-refractivity contribution >= 4 is 41.5 Å². The number of hydrogen-bond acceptors (Lipinski definition) is 3. The van der Waals surface area contributed by atoms with Gasteiger partial charge in [-0.05, 0) is 41.8 Å². The van der Waals surface area contributed by atoms with E-state index in [1.807, 2.05) is 18.2 Å². The van der Waals surface area contributed by atoms with Crippen molar-refractivity contribution in [2.24, 2.45) is 4.99 Å². The number of rotatable bonds is 7. The van der Waals surface area contributed by atoms with Gasteiger partial charge in [0.2, 0.25) is 0 Å². The van der Waals surface area contributed by atoms with Crippen molar-refractivity contribution < 1.29 is 13.9 Å². The van der Waals surface area contributed by atoms with E-state index in [4.69, 9.17) is 21.1 Å². The van der Waals surface area contributed by atoms with Gasteiger partial charge in [-0.25, -0.2) is 4.39 Å². The summed E-state index contributed by atoms with van der Waals surface area (Å²) in [7, 11) is 4.93. The summed E-state index contributed by atoms with van der Waals surface area (Å²) in [6.07, 6.45) is 0.795. The summed E-state index contributed by atoms with van der Waals surface area (Å²) in [5.74, 6) is 1.65. The number of benzene rings is 2. The fraction of sp³-hybridized carbons (Fsp3) is 0.316. The first-order valence-electron chi connectivity index (χ1n) is 8.16. The van der Waals surface area contributed by atoms with Crippen LogP contribution < -0.4 is 20.1 Å². The minimum Gasteiger partial charge on any atom is -0.493 e. The molecule has 0 aliphatic carbocycles. The van der Waals surface area contributed by atoms with Crippen molar-refractivity contribution in [3.8, 4) is 11.5 Å². The average molecular weight is 508 g/mol. The molecule has 0 aromatic heterocycles. The Morgan fingerprint density at radius 1 is 1.04 bits per heavy atom. The number of guanidine groups is 1. The van der Waals surface area contributed by atoms with E-state index in [-0.39, 0.29) is 29.0 Å². The summed E-state index contributed by atoms with van der Waals surface area (Å²) in [4.78, 5) is 4.18. The first kappa shape index (κ1) is 23.3. The average Bonchev–Trinajstić information content (AvgIpc) is 2.66. The molecule has 2 aromatic carbocycles. The predicted octanol–water partition coefficient (Wildman–Crippen LogP) is 4.02. The highest BCUT2D eigenvalue weighted by molar-refractivity contribution is 14.0. The third kappa shape index (κ3) is 7.06. The smallest absolute Gasteiger partial charge is 0.191 e. The molecule has 0 aliphatic heterocycles. The Morgan fingerprint density at radius 2 is 1.74 bits per heavy atom. The number of halogens is 3. The molecule has 5 nitrogen and oxygen atoms in total. The van der Waals surface area contributed by atoms with Crippen molar-refractivity contribution in [2.45, 2.75) is 13.0 Å². The van der Waals surface area contributed by atoms with Crippen LogP contribution in [0.3, 0.4) is 0 Å². The maximum absolute atomic E-state index is 13.2. The molecule has 0 aliphatic rings. The molecule has 0 radical (unpaired) electrons.